The van der Waals surface area contributed by atoms with Crippen LogP contribution in [0.2, 0.25) is 0 Å². The highest BCUT2D eigenvalue weighted by atomic mass is 31.3. The van der Waals surface area contributed by atoms with Gasteiger partial charge in [-0.25, -0.2) is 33.4 Å². The van der Waals surface area contributed by atoms with Gasteiger partial charge in [-0.1, -0.05) is 18.2 Å². The number of aromatic nitrogens is 4. The SMILES string of the molecule is NCc1ccccc1C(=O)O[C@@H]1[C@H](O)[C@@H](COP(=O)(O)OP(=O)(O)OP(=O)(O)O)O[C@H]1n1cnc2c(N)ncnc21. The van der Waals surface area contributed by atoms with Gasteiger partial charge in [0.1, 0.15) is 24.1 Å². The van der Waals surface area contributed by atoms with Gasteiger partial charge in [0.2, 0.25) is 0 Å². The number of esters is 1. The van der Waals surface area contributed by atoms with Crippen LogP contribution in [0.3, 0.4) is 0 Å². The molecule has 1 aromatic carbocycles. The Morgan fingerprint density at radius 3 is 2.44 bits per heavy atom. The number of rotatable bonds is 11. The molecule has 2 aromatic heterocycles. The third-order valence-corrected chi connectivity index (χ3v) is 9.29. The van der Waals surface area contributed by atoms with Gasteiger partial charge < -0.3 is 45.6 Å². The Morgan fingerprint density at radius 1 is 1.05 bits per heavy atom. The minimum absolute atomic E-state index is 0.00178. The highest BCUT2D eigenvalue weighted by Crippen LogP contribution is 2.66. The van der Waals surface area contributed by atoms with Crippen molar-refractivity contribution in [3.8, 4) is 0 Å². The largest absolute Gasteiger partial charge is 0.490 e. The Hall–Kier alpha value is -2.67. The summed E-state index contributed by atoms with van der Waals surface area (Å²) in [5, 5.41) is 11.0. The van der Waals surface area contributed by atoms with Gasteiger partial charge in [0.25, 0.3) is 0 Å². The van der Waals surface area contributed by atoms with Crippen molar-refractivity contribution in [2.45, 2.75) is 31.1 Å². The molecule has 20 nitrogen and oxygen atoms in total. The molecule has 1 fully saturated rings. The predicted octanol–water partition coefficient (Wildman–Crippen LogP) is -0.306. The van der Waals surface area contributed by atoms with E-state index in [0.29, 0.717) is 5.56 Å². The van der Waals surface area contributed by atoms with E-state index >= 15 is 0 Å². The molecule has 0 bridgehead atoms. The number of nitrogens with two attached hydrogens (primary N) is 2. The maximum absolute atomic E-state index is 13.1. The molecule has 41 heavy (non-hydrogen) atoms. The smallest absolute Gasteiger partial charge is 0.451 e. The highest BCUT2D eigenvalue weighted by Gasteiger charge is 2.49. The lowest BCUT2D eigenvalue weighted by Crippen LogP contribution is -2.37. The molecule has 3 aromatic rings. The van der Waals surface area contributed by atoms with Gasteiger partial charge in [-0.05, 0) is 11.6 Å². The molecule has 0 aliphatic carbocycles. The van der Waals surface area contributed by atoms with Crippen LogP contribution in [-0.2, 0) is 42.9 Å². The molecule has 1 saturated heterocycles. The molecular formula is C18H23N6O14P3. The fraction of sp³-hybridized carbons (Fsp3) is 0.333. The van der Waals surface area contributed by atoms with Gasteiger partial charge in [-0.2, -0.15) is 8.62 Å². The molecule has 0 amide bonds. The van der Waals surface area contributed by atoms with E-state index in [1.807, 2.05) is 0 Å². The Bertz CT molecular complexity index is 1580. The van der Waals surface area contributed by atoms with Crippen molar-refractivity contribution in [3.05, 3.63) is 48.0 Å². The van der Waals surface area contributed by atoms with Gasteiger partial charge in [0.15, 0.2) is 23.8 Å². The van der Waals surface area contributed by atoms with E-state index < -0.39 is 60.6 Å². The summed E-state index contributed by atoms with van der Waals surface area (Å²) in [6.07, 6.45) is -3.93. The Balaban J connectivity index is 1.59. The van der Waals surface area contributed by atoms with Gasteiger partial charge in [-0.15, -0.1) is 0 Å². The molecule has 23 heteroatoms. The summed E-state index contributed by atoms with van der Waals surface area (Å²) in [4.78, 5) is 61.5. The minimum Gasteiger partial charge on any atom is -0.451 e. The number of ether oxygens (including phenoxy) is 2. The number of carbonyl (C=O) groups excluding carboxylic acids is 1. The Kier molecular flexibility index (Phi) is 9.08. The summed E-state index contributed by atoms with van der Waals surface area (Å²) in [7, 11) is -17.0. The van der Waals surface area contributed by atoms with Crippen molar-refractivity contribution in [2.75, 3.05) is 12.3 Å². The summed E-state index contributed by atoms with van der Waals surface area (Å²) in [6.45, 7) is -1.04. The van der Waals surface area contributed by atoms with Crippen molar-refractivity contribution in [1.82, 2.24) is 19.5 Å². The van der Waals surface area contributed by atoms with E-state index in [4.69, 9.17) is 30.7 Å². The highest BCUT2D eigenvalue weighted by molar-refractivity contribution is 7.66. The van der Waals surface area contributed by atoms with Crippen LogP contribution in [-0.4, -0.2) is 75.1 Å². The number of phosphoric acid groups is 3. The van der Waals surface area contributed by atoms with E-state index in [9.17, 15) is 33.4 Å². The van der Waals surface area contributed by atoms with Gasteiger partial charge in [0.05, 0.1) is 18.5 Å². The zero-order valence-corrected chi connectivity index (χ0v) is 23.1. The van der Waals surface area contributed by atoms with Gasteiger partial charge in [0, 0.05) is 6.54 Å². The molecule has 0 radical (unpaired) electrons. The van der Waals surface area contributed by atoms with Crippen LogP contribution in [0.5, 0.6) is 0 Å². The van der Waals surface area contributed by atoms with E-state index in [0.717, 1.165) is 6.33 Å². The topological polar surface area (TPSA) is 311 Å². The summed E-state index contributed by atoms with van der Waals surface area (Å²) < 4.78 is 59.1. The van der Waals surface area contributed by atoms with Crippen molar-refractivity contribution >= 4 is 46.4 Å². The number of aliphatic hydroxyl groups is 1. The molecule has 0 saturated carbocycles. The maximum Gasteiger partial charge on any atom is 0.490 e. The van der Waals surface area contributed by atoms with Gasteiger partial charge in [-0.3, -0.25) is 9.09 Å². The molecule has 9 N–H and O–H groups in total. The van der Waals surface area contributed by atoms with Crippen LogP contribution in [0.25, 0.3) is 11.2 Å². The second-order valence-electron chi connectivity index (χ2n) is 8.26. The number of nitrogen functional groups attached to an aromatic ring is 1. The van der Waals surface area contributed by atoms with Crippen molar-refractivity contribution < 1.29 is 65.8 Å². The second-order valence-corrected chi connectivity index (χ2v) is 12.7. The molecule has 4 rings (SSSR count). The number of benzene rings is 1. The third kappa shape index (κ3) is 7.40. The molecule has 2 unspecified atom stereocenters. The van der Waals surface area contributed by atoms with Crippen LogP contribution in [0, 0.1) is 0 Å². The quantitative estimate of drug-likeness (QED) is 0.104. The average molecular weight is 640 g/mol. The molecule has 0 spiro atoms. The fourth-order valence-electron chi connectivity index (χ4n) is 3.82. The zero-order chi connectivity index (χ0) is 30.2. The van der Waals surface area contributed by atoms with Crippen LogP contribution in [0.15, 0.2) is 36.9 Å². The number of aliphatic hydroxyl groups excluding tert-OH is 1. The summed E-state index contributed by atoms with van der Waals surface area (Å²) in [6, 6.07) is 6.23. The van der Waals surface area contributed by atoms with Crippen LogP contribution in [0.1, 0.15) is 22.1 Å². The van der Waals surface area contributed by atoms with Crippen LogP contribution in [0.4, 0.5) is 5.82 Å². The lowest BCUT2D eigenvalue weighted by molar-refractivity contribution is -0.0558. The fourth-order valence-corrected chi connectivity index (χ4v) is 6.85. The van der Waals surface area contributed by atoms with Crippen LogP contribution < -0.4 is 11.5 Å². The summed E-state index contributed by atoms with van der Waals surface area (Å²) >= 11 is 0. The van der Waals surface area contributed by atoms with E-state index in [1.54, 1.807) is 18.2 Å². The van der Waals surface area contributed by atoms with Gasteiger partial charge >= 0.3 is 29.4 Å². The standard InChI is InChI=1S/C18H23N6O14P3/c19-5-9-3-1-2-4-10(9)18(26)36-14-13(25)11(6-34-40(30,31)38-41(32,33)37-39(27,28)29)35-17(14)24-8-23-12-15(20)21-7-22-16(12)24/h1-4,7-8,11,13-14,17,25H,5-6,19H2,(H,30,31)(H,32,33)(H2,20,21,22)(H2,27,28,29)/t11-,13-,14-,17-/m1/s1. The predicted molar refractivity (Wildman–Crippen MR) is 133 cm³/mol. The summed E-state index contributed by atoms with van der Waals surface area (Å²) in [5.74, 6) is -0.905. The lowest BCUT2D eigenvalue weighted by Gasteiger charge is -2.22. The van der Waals surface area contributed by atoms with E-state index in [2.05, 4.69) is 28.1 Å². The minimum atomic E-state index is -5.79. The first-order chi connectivity index (χ1) is 19.1. The number of hydrogen-bond donors (Lipinski definition) is 7. The molecule has 6 atom stereocenters. The lowest BCUT2D eigenvalue weighted by atomic mass is 10.1. The van der Waals surface area contributed by atoms with Crippen molar-refractivity contribution in [3.63, 3.8) is 0 Å². The Labute approximate surface area is 229 Å². The number of anilines is 1. The zero-order valence-electron chi connectivity index (χ0n) is 20.4. The maximum atomic E-state index is 13.1. The van der Waals surface area contributed by atoms with Crippen molar-refractivity contribution in [1.29, 1.82) is 0 Å². The van der Waals surface area contributed by atoms with Crippen molar-refractivity contribution in [2.24, 2.45) is 5.73 Å². The first kappa shape index (κ1) is 31.3. The monoisotopic (exact) mass is 640 g/mol. The number of phosphoric ester groups is 1. The van der Waals surface area contributed by atoms with E-state index in [-0.39, 0.29) is 29.1 Å². The number of fused-ring (bicyclic) bond motifs is 1. The molecule has 3 heterocycles. The average Bonchev–Trinajstić information content (AvgIpc) is 3.42. The molecular weight excluding hydrogens is 617 g/mol. The second kappa shape index (κ2) is 11.9. The molecule has 224 valence electrons. The molecule has 1 aliphatic heterocycles. The first-order valence-electron chi connectivity index (χ1n) is 11.1. The normalized spacial score (nSPS) is 24.1. The summed E-state index contributed by atoms with van der Waals surface area (Å²) in [5.41, 5.74) is 12.3. The molecule has 1 aliphatic rings. The van der Waals surface area contributed by atoms with Crippen LogP contribution >= 0.6 is 23.5 Å². The Morgan fingerprint density at radius 2 is 1.76 bits per heavy atom. The number of carbonyl (C=O) groups is 1. The number of imidazole rings is 1. The number of nitrogens with zero attached hydrogens (tertiary/aromatic N) is 4. The van der Waals surface area contributed by atoms with E-state index in [1.165, 1.54) is 17.0 Å². The number of hydrogen-bond acceptors (Lipinski definition) is 15. The first-order valence-corrected chi connectivity index (χ1v) is 15.7. The third-order valence-electron chi connectivity index (χ3n) is 5.49.